The van der Waals surface area contributed by atoms with Crippen LogP contribution >= 0.6 is 0 Å². The summed E-state index contributed by atoms with van der Waals surface area (Å²) in [4.78, 5) is 16.5. The van der Waals surface area contributed by atoms with Crippen LogP contribution in [0.2, 0.25) is 0 Å². The number of nitrogens with two attached hydrogens (primary N) is 1. The van der Waals surface area contributed by atoms with Crippen LogP contribution in [0.3, 0.4) is 0 Å². The second-order valence-corrected chi connectivity index (χ2v) is 5.47. The molecular weight excluding hydrogens is 321 g/mol. The first-order valence-electron chi connectivity index (χ1n) is 8.19. The lowest BCUT2D eigenvalue weighted by Crippen LogP contribution is -2.47. The van der Waals surface area contributed by atoms with Crippen LogP contribution in [0.15, 0.2) is 6.20 Å². The topological polar surface area (TPSA) is 59.2 Å². The van der Waals surface area contributed by atoms with Crippen LogP contribution in [0.5, 0.6) is 0 Å². The molecule has 1 amide bonds. The highest BCUT2D eigenvalue weighted by molar-refractivity contribution is 5.99. The lowest BCUT2D eigenvalue weighted by molar-refractivity contribution is -0.138. The first-order valence-corrected chi connectivity index (χ1v) is 6.69. The quantitative estimate of drug-likeness (QED) is 0.842. The monoisotopic (exact) mass is 340 g/mol. The van der Waals surface area contributed by atoms with Crippen molar-refractivity contribution in [3.05, 3.63) is 22.9 Å². The molecule has 0 aromatic carbocycles. The summed E-state index contributed by atoms with van der Waals surface area (Å²) in [5, 5.41) is 0. The van der Waals surface area contributed by atoms with Gasteiger partial charge in [0.15, 0.2) is 0 Å². The Labute approximate surface area is 133 Å². The molecule has 9 heteroatoms. The number of carbonyl (C=O) groups is 1. The van der Waals surface area contributed by atoms with E-state index in [9.17, 15) is 26.7 Å². The van der Waals surface area contributed by atoms with Crippen molar-refractivity contribution in [1.29, 1.82) is 0 Å². The molecule has 1 aliphatic rings. The van der Waals surface area contributed by atoms with E-state index in [1.54, 1.807) is 0 Å². The number of primary amides is 1. The van der Waals surface area contributed by atoms with E-state index >= 15 is 0 Å². The van der Waals surface area contributed by atoms with Gasteiger partial charge in [0.1, 0.15) is 5.82 Å². The van der Waals surface area contributed by atoms with E-state index in [0.29, 0.717) is 6.20 Å². The molecule has 2 N–H and O–H groups in total. The lowest BCUT2D eigenvalue weighted by atomic mass is 9.94. The minimum atomic E-state index is -5.08. The minimum absolute atomic E-state index is 0.293. The van der Waals surface area contributed by atoms with Gasteiger partial charge in [-0.2, -0.15) is 13.2 Å². The maximum atomic E-state index is 13.7. The maximum Gasteiger partial charge on any atom is 0.418 e. The summed E-state index contributed by atoms with van der Waals surface area (Å²) in [7, 11) is 0. The van der Waals surface area contributed by atoms with Crippen molar-refractivity contribution in [1.82, 2.24) is 4.98 Å². The summed E-state index contributed by atoms with van der Waals surface area (Å²) >= 11 is 0. The molecule has 23 heavy (non-hydrogen) atoms. The third-order valence-electron chi connectivity index (χ3n) is 3.84. The van der Waals surface area contributed by atoms with Gasteiger partial charge in [0.05, 0.1) is 11.1 Å². The minimum Gasteiger partial charge on any atom is -0.365 e. The van der Waals surface area contributed by atoms with E-state index < -0.39 is 59.7 Å². The average Bonchev–Trinajstić information content (AvgIpc) is 2.46. The molecule has 0 bridgehead atoms. The number of piperidine rings is 1. The number of carbonyl (C=O) groups excluding carboxylic acids is 1. The SMILES string of the molecule is [2H]C([2H])([2H])c1c(C(F)(F)F)cnc(N2CCC(F)(F)[C@@H](C)C2)c1C(N)=O. The number of alkyl halides is 5. The molecule has 0 spiro atoms. The zero-order valence-electron chi connectivity index (χ0n) is 15.0. The zero-order valence-corrected chi connectivity index (χ0v) is 12.0. The Morgan fingerprint density at radius 2 is 2.17 bits per heavy atom. The Morgan fingerprint density at radius 1 is 1.52 bits per heavy atom. The molecule has 128 valence electrons. The molecule has 1 aromatic rings. The van der Waals surface area contributed by atoms with Crippen molar-refractivity contribution in [3.8, 4) is 0 Å². The van der Waals surface area contributed by atoms with E-state index in [0.717, 1.165) is 4.90 Å². The average molecular weight is 340 g/mol. The van der Waals surface area contributed by atoms with Gasteiger partial charge in [0.25, 0.3) is 11.8 Å². The highest BCUT2D eigenvalue weighted by Gasteiger charge is 2.43. The van der Waals surface area contributed by atoms with Crippen LogP contribution in [0.4, 0.5) is 27.8 Å². The summed E-state index contributed by atoms with van der Waals surface area (Å²) in [6.07, 6.45) is -5.40. The third-order valence-corrected chi connectivity index (χ3v) is 3.84. The van der Waals surface area contributed by atoms with Gasteiger partial charge < -0.3 is 10.6 Å². The maximum absolute atomic E-state index is 13.7. The smallest absolute Gasteiger partial charge is 0.365 e. The van der Waals surface area contributed by atoms with Gasteiger partial charge in [-0.25, -0.2) is 13.8 Å². The molecule has 0 aliphatic carbocycles. The summed E-state index contributed by atoms with van der Waals surface area (Å²) in [5.74, 6) is -6.01. The summed E-state index contributed by atoms with van der Waals surface area (Å²) < 4.78 is 89.1. The third kappa shape index (κ3) is 3.23. The normalized spacial score (nSPS) is 23.8. The molecule has 1 saturated heterocycles. The van der Waals surface area contributed by atoms with Crippen molar-refractivity contribution >= 4 is 11.7 Å². The number of anilines is 1. The number of pyridine rings is 1. The van der Waals surface area contributed by atoms with Crippen molar-refractivity contribution in [2.45, 2.75) is 32.3 Å². The van der Waals surface area contributed by atoms with Gasteiger partial charge in [-0.1, -0.05) is 6.92 Å². The van der Waals surface area contributed by atoms with Gasteiger partial charge in [-0.3, -0.25) is 4.79 Å². The Hall–Kier alpha value is -1.93. The number of nitrogens with zero attached hydrogens (tertiary/aromatic N) is 2. The number of amides is 1. The summed E-state index contributed by atoms with van der Waals surface area (Å²) in [6, 6.07) is 0. The van der Waals surface area contributed by atoms with Gasteiger partial charge in [-0.05, 0) is 12.4 Å². The number of halogens is 5. The highest BCUT2D eigenvalue weighted by Crippen LogP contribution is 2.38. The summed E-state index contributed by atoms with van der Waals surface area (Å²) in [6.45, 7) is -2.69. The van der Waals surface area contributed by atoms with E-state index in [1.807, 2.05) is 0 Å². The molecule has 1 fully saturated rings. The van der Waals surface area contributed by atoms with Crippen LogP contribution in [-0.4, -0.2) is 29.9 Å². The van der Waals surface area contributed by atoms with E-state index in [4.69, 9.17) is 9.85 Å². The van der Waals surface area contributed by atoms with Gasteiger partial charge in [-0.15, -0.1) is 0 Å². The molecule has 1 aliphatic heterocycles. The molecule has 0 saturated carbocycles. The Bertz CT molecular complexity index is 721. The second-order valence-electron chi connectivity index (χ2n) is 5.47. The zero-order chi connectivity index (χ0) is 20.1. The molecule has 2 rings (SSSR count). The van der Waals surface area contributed by atoms with Crippen molar-refractivity contribution in [2.24, 2.45) is 11.7 Å². The van der Waals surface area contributed by atoms with Crippen LogP contribution in [0.1, 0.15) is 38.9 Å². The molecule has 0 radical (unpaired) electrons. The molecule has 4 nitrogen and oxygen atoms in total. The first-order chi connectivity index (χ1) is 11.7. The van der Waals surface area contributed by atoms with Gasteiger partial charge >= 0.3 is 6.18 Å². The lowest BCUT2D eigenvalue weighted by Gasteiger charge is -2.38. The molecule has 2 heterocycles. The van der Waals surface area contributed by atoms with E-state index in [1.165, 1.54) is 6.92 Å². The van der Waals surface area contributed by atoms with Crippen LogP contribution in [0.25, 0.3) is 0 Å². The number of aromatic nitrogens is 1. The fraction of sp³-hybridized carbons (Fsp3) is 0.571. The number of rotatable bonds is 2. The molecule has 0 unspecified atom stereocenters. The largest absolute Gasteiger partial charge is 0.418 e. The van der Waals surface area contributed by atoms with Gasteiger partial charge in [0.2, 0.25) is 0 Å². The Morgan fingerprint density at radius 3 is 2.65 bits per heavy atom. The molecule has 1 atom stereocenters. The fourth-order valence-corrected chi connectivity index (χ4v) is 2.47. The second kappa shape index (κ2) is 5.61. The first kappa shape index (κ1) is 13.5. The summed E-state index contributed by atoms with van der Waals surface area (Å²) in [5.41, 5.74) is 1.35. The number of hydrogen-bond acceptors (Lipinski definition) is 3. The number of hydrogen-bond donors (Lipinski definition) is 1. The van der Waals surface area contributed by atoms with Crippen LogP contribution < -0.4 is 10.6 Å². The Kier molecular flexibility index (Phi) is 3.29. The van der Waals surface area contributed by atoms with Crippen molar-refractivity contribution < 1.29 is 30.9 Å². The predicted molar refractivity (Wildman–Crippen MR) is 73.4 cm³/mol. The van der Waals surface area contributed by atoms with Gasteiger partial charge in [0, 0.05) is 35.7 Å². The van der Waals surface area contributed by atoms with Crippen LogP contribution in [-0.2, 0) is 6.18 Å². The van der Waals surface area contributed by atoms with Crippen molar-refractivity contribution in [3.63, 3.8) is 0 Å². The molecular formula is C14H16F5N3O. The van der Waals surface area contributed by atoms with Crippen molar-refractivity contribution in [2.75, 3.05) is 18.0 Å². The van der Waals surface area contributed by atoms with E-state index in [2.05, 4.69) is 4.98 Å². The standard InChI is InChI=1S/C14H16F5N3O/c1-7-6-22(4-3-13(7,15)16)12-10(11(20)23)8(2)9(5-21-12)14(17,18)19/h5,7H,3-4,6H2,1-2H3,(H2,20,23)/t7-/m0/s1/i2D3. The highest BCUT2D eigenvalue weighted by atomic mass is 19.4. The Balaban J connectivity index is 2.68. The van der Waals surface area contributed by atoms with Crippen LogP contribution in [0, 0.1) is 12.8 Å². The molecule has 1 aromatic heterocycles. The fourth-order valence-electron chi connectivity index (χ4n) is 2.47. The van der Waals surface area contributed by atoms with E-state index in [-0.39, 0.29) is 13.1 Å². The predicted octanol–water partition coefficient (Wildman–Crippen LogP) is 2.99.